The number of aromatic nitrogens is 4. The fraction of sp³-hybridized carbons (Fsp3) is 0.435. The molecule has 0 unspecified atom stereocenters. The van der Waals surface area contributed by atoms with E-state index in [1.807, 2.05) is 18.2 Å². The lowest BCUT2D eigenvalue weighted by Crippen LogP contribution is -2.25. The van der Waals surface area contributed by atoms with Gasteiger partial charge in [0.15, 0.2) is 0 Å². The van der Waals surface area contributed by atoms with Gasteiger partial charge in [0.2, 0.25) is 5.88 Å². The number of aryl methyl sites for hydroxylation is 1. The fourth-order valence-corrected chi connectivity index (χ4v) is 4.16. The van der Waals surface area contributed by atoms with Gasteiger partial charge < -0.3 is 4.74 Å². The number of hydrogen-bond acceptors (Lipinski definition) is 4. The van der Waals surface area contributed by atoms with Gasteiger partial charge in [-0.2, -0.15) is 0 Å². The first-order valence-corrected chi connectivity index (χ1v) is 10.4. The summed E-state index contributed by atoms with van der Waals surface area (Å²) < 4.78 is 8.40. The van der Waals surface area contributed by atoms with Crippen molar-refractivity contribution < 1.29 is 4.74 Å². The maximum Gasteiger partial charge on any atom is 0.213 e. The van der Waals surface area contributed by atoms with Crippen LogP contribution in [0.2, 0.25) is 0 Å². The molecule has 5 rings (SSSR count). The molecule has 2 aliphatic carbocycles. The molecule has 5 nitrogen and oxygen atoms in total. The molecule has 0 atom stereocenters. The van der Waals surface area contributed by atoms with Gasteiger partial charge in [0, 0.05) is 29.8 Å². The van der Waals surface area contributed by atoms with Crippen molar-refractivity contribution in [3.05, 3.63) is 65.9 Å². The molecule has 0 amide bonds. The number of pyridine rings is 1. The van der Waals surface area contributed by atoms with Gasteiger partial charge in [0.05, 0.1) is 0 Å². The Morgan fingerprint density at radius 2 is 1.46 bits per heavy atom. The Balaban J connectivity index is 1.35. The second-order valence-electron chi connectivity index (χ2n) is 8.12. The topological polar surface area (TPSA) is 52.8 Å². The predicted octanol–water partition coefficient (Wildman–Crippen LogP) is 4.95. The van der Waals surface area contributed by atoms with Crippen LogP contribution in [0, 0.1) is 6.92 Å². The van der Waals surface area contributed by atoms with Gasteiger partial charge in [0.1, 0.15) is 17.8 Å². The van der Waals surface area contributed by atoms with Gasteiger partial charge in [-0.15, -0.1) is 10.2 Å². The lowest BCUT2D eigenvalue weighted by Gasteiger charge is -2.28. The van der Waals surface area contributed by atoms with Crippen molar-refractivity contribution in [2.75, 3.05) is 0 Å². The highest BCUT2D eigenvalue weighted by Gasteiger charge is 2.34. The molecule has 3 aromatic rings. The van der Waals surface area contributed by atoms with E-state index in [2.05, 4.69) is 50.9 Å². The van der Waals surface area contributed by atoms with Crippen LogP contribution in [0.5, 0.6) is 5.88 Å². The standard InChI is InChI=1S/C23H26N4O/c1-16-5-11-19(12-6-16)27-22(17-7-8-17)25-26-23(27)18-9-13-20(14-10-18)28-21-4-2-3-15-24-21/h2-6,11-12,15,17-18,20H,7-10,13-14H2,1H3/t18-,20-. The van der Waals surface area contributed by atoms with Crippen molar-refractivity contribution in [3.8, 4) is 11.6 Å². The number of hydrogen-bond donors (Lipinski definition) is 0. The lowest BCUT2D eigenvalue weighted by molar-refractivity contribution is 0.139. The molecule has 2 heterocycles. The minimum Gasteiger partial charge on any atom is -0.474 e. The number of benzene rings is 1. The van der Waals surface area contributed by atoms with E-state index in [9.17, 15) is 0 Å². The lowest BCUT2D eigenvalue weighted by atomic mass is 9.86. The summed E-state index contributed by atoms with van der Waals surface area (Å²) in [4.78, 5) is 4.29. The van der Waals surface area contributed by atoms with Gasteiger partial charge in [-0.3, -0.25) is 4.57 Å². The maximum atomic E-state index is 6.07. The normalized spacial score (nSPS) is 22.2. The quantitative estimate of drug-likeness (QED) is 0.634. The Morgan fingerprint density at radius 1 is 0.821 bits per heavy atom. The molecular weight excluding hydrogens is 348 g/mol. The number of rotatable bonds is 5. The van der Waals surface area contributed by atoms with E-state index < -0.39 is 0 Å². The first-order chi connectivity index (χ1) is 13.8. The molecule has 28 heavy (non-hydrogen) atoms. The average molecular weight is 374 g/mol. The molecule has 2 saturated carbocycles. The zero-order valence-corrected chi connectivity index (χ0v) is 16.3. The van der Waals surface area contributed by atoms with E-state index in [4.69, 9.17) is 4.74 Å². The smallest absolute Gasteiger partial charge is 0.213 e. The van der Waals surface area contributed by atoms with E-state index in [1.165, 1.54) is 24.1 Å². The monoisotopic (exact) mass is 374 g/mol. The molecule has 5 heteroatoms. The van der Waals surface area contributed by atoms with Crippen LogP contribution in [0.15, 0.2) is 48.7 Å². The molecule has 0 bridgehead atoms. The predicted molar refractivity (Wildman–Crippen MR) is 108 cm³/mol. The Bertz CT molecular complexity index is 923. The zero-order valence-electron chi connectivity index (χ0n) is 16.3. The van der Waals surface area contributed by atoms with Gasteiger partial charge in [-0.05, 0) is 63.6 Å². The zero-order chi connectivity index (χ0) is 18.9. The van der Waals surface area contributed by atoms with Crippen molar-refractivity contribution in [1.29, 1.82) is 0 Å². The highest BCUT2D eigenvalue weighted by Crippen LogP contribution is 2.42. The first-order valence-electron chi connectivity index (χ1n) is 10.4. The van der Waals surface area contributed by atoms with E-state index in [-0.39, 0.29) is 6.10 Å². The van der Waals surface area contributed by atoms with Gasteiger partial charge in [-0.1, -0.05) is 23.8 Å². The summed E-state index contributed by atoms with van der Waals surface area (Å²) >= 11 is 0. The molecule has 2 fully saturated rings. The largest absolute Gasteiger partial charge is 0.474 e. The minimum absolute atomic E-state index is 0.241. The molecule has 1 aromatic carbocycles. The highest BCUT2D eigenvalue weighted by molar-refractivity contribution is 5.38. The van der Waals surface area contributed by atoms with Crippen LogP contribution >= 0.6 is 0 Å². The molecule has 0 saturated heterocycles. The molecule has 0 N–H and O–H groups in total. The van der Waals surface area contributed by atoms with E-state index in [0.29, 0.717) is 11.8 Å². The van der Waals surface area contributed by atoms with Crippen molar-refractivity contribution in [2.24, 2.45) is 0 Å². The van der Waals surface area contributed by atoms with Crippen LogP contribution in [-0.2, 0) is 0 Å². The highest BCUT2D eigenvalue weighted by atomic mass is 16.5. The SMILES string of the molecule is Cc1ccc(-n2c(C3CC3)nnc2[C@H]2CC[C@H](Oc3ccccn3)CC2)cc1. The van der Waals surface area contributed by atoms with Crippen LogP contribution in [0.3, 0.4) is 0 Å². The minimum atomic E-state index is 0.241. The summed E-state index contributed by atoms with van der Waals surface area (Å²) in [6, 6.07) is 14.6. The first kappa shape index (κ1) is 17.4. The Labute approximate surface area is 165 Å². The fourth-order valence-electron chi connectivity index (χ4n) is 4.16. The van der Waals surface area contributed by atoms with Gasteiger partial charge in [-0.25, -0.2) is 4.98 Å². The third-order valence-corrected chi connectivity index (χ3v) is 5.91. The summed E-state index contributed by atoms with van der Waals surface area (Å²) in [6.45, 7) is 2.13. The average Bonchev–Trinajstić information content (AvgIpc) is 3.49. The summed E-state index contributed by atoms with van der Waals surface area (Å²) in [5.74, 6) is 4.01. The Morgan fingerprint density at radius 3 is 2.04 bits per heavy atom. The maximum absolute atomic E-state index is 6.07. The van der Waals surface area contributed by atoms with Crippen LogP contribution in [0.1, 0.15) is 67.6 Å². The van der Waals surface area contributed by atoms with Crippen LogP contribution < -0.4 is 4.74 Å². The van der Waals surface area contributed by atoms with Crippen LogP contribution in [-0.4, -0.2) is 25.9 Å². The molecule has 2 aromatic heterocycles. The van der Waals surface area contributed by atoms with E-state index >= 15 is 0 Å². The van der Waals surface area contributed by atoms with Crippen molar-refractivity contribution in [1.82, 2.24) is 19.7 Å². The summed E-state index contributed by atoms with van der Waals surface area (Å²) in [5, 5.41) is 9.28. The summed E-state index contributed by atoms with van der Waals surface area (Å²) in [5.41, 5.74) is 2.47. The molecule has 2 aliphatic rings. The summed E-state index contributed by atoms with van der Waals surface area (Å²) in [6.07, 6.45) is 8.69. The molecule has 0 spiro atoms. The second-order valence-corrected chi connectivity index (χ2v) is 8.12. The molecule has 0 aliphatic heterocycles. The van der Waals surface area contributed by atoms with Crippen molar-refractivity contribution in [3.63, 3.8) is 0 Å². The second kappa shape index (κ2) is 7.38. The number of nitrogens with zero attached hydrogens (tertiary/aromatic N) is 4. The van der Waals surface area contributed by atoms with E-state index in [1.54, 1.807) is 6.20 Å². The van der Waals surface area contributed by atoms with Crippen molar-refractivity contribution >= 4 is 0 Å². The van der Waals surface area contributed by atoms with Gasteiger partial charge in [0.25, 0.3) is 0 Å². The van der Waals surface area contributed by atoms with Crippen LogP contribution in [0.25, 0.3) is 5.69 Å². The third-order valence-electron chi connectivity index (χ3n) is 5.91. The Kier molecular flexibility index (Phi) is 4.59. The van der Waals surface area contributed by atoms with Crippen molar-refractivity contribution in [2.45, 2.75) is 63.4 Å². The summed E-state index contributed by atoms with van der Waals surface area (Å²) in [7, 11) is 0. The molecular formula is C23H26N4O. The van der Waals surface area contributed by atoms with E-state index in [0.717, 1.165) is 43.2 Å². The Hall–Kier alpha value is -2.69. The third kappa shape index (κ3) is 3.53. The number of ether oxygens (including phenoxy) is 1. The molecule has 144 valence electrons. The van der Waals surface area contributed by atoms with Gasteiger partial charge >= 0.3 is 0 Å². The van der Waals surface area contributed by atoms with Crippen LogP contribution in [0.4, 0.5) is 0 Å². The molecule has 0 radical (unpaired) electrons.